The molecule has 0 aliphatic rings. The standard InChI is InChI=1S/C13H14ClFN2O2S2/c1-2-16-7-9-6-10(8-20-9)21(18,19)17-13-11(14)4-3-5-12(13)15/h3-6,8,16-17H,2,7H2,1H3. The summed E-state index contributed by atoms with van der Waals surface area (Å²) < 4.78 is 40.3. The van der Waals surface area contributed by atoms with E-state index in [1.807, 2.05) is 6.92 Å². The lowest BCUT2D eigenvalue weighted by Gasteiger charge is -2.09. The molecule has 0 radical (unpaired) electrons. The van der Waals surface area contributed by atoms with Crippen molar-refractivity contribution in [1.29, 1.82) is 0 Å². The van der Waals surface area contributed by atoms with Gasteiger partial charge in [-0.15, -0.1) is 11.3 Å². The van der Waals surface area contributed by atoms with Gasteiger partial charge in [0.25, 0.3) is 10.0 Å². The van der Waals surface area contributed by atoms with Gasteiger partial charge in [-0.1, -0.05) is 24.6 Å². The Bertz CT molecular complexity index is 711. The third kappa shape index (κ3) is 3.94. The van der Waals surface area contributed by atoms with Gasteiger partial charge < -0.3 is 5.32 Å². The van der Waals surface area contributed by atoms with Gasteiger partial charge >= 0.3 is 0 Å². The zero-order chi connectivity index (χ0) is 15.5. The van der Waals surface area contributed by atoms with Gasteiger partial charge in [0.05, 0.1) is 9.92 Å². The van der Waals surface area contributed by atoms with Gasteiger partial charge in [-0.25, -0.2) is 12.8 Å². The van der Waals surface area contributed by atoms with Gasteiger partial charge in [0.2, 0.25) is 0 Å². The van der Waals surface area contributed by atoms with Crippen molar-refractivity contribution >= 4 is 38.6 Å². The van der Waals surface area contributed by atoms with Crippen molar-refractivity contribution in [3.05, 3.63) is 45.4 Å². The molecule has 0 aliphatic heterocycles. The van der Waals surface area contributed by atoms with Crippen molar-refractivity contribution in [2.45, 2.75) is 18.4 Å². The maximum absolute atomic E-state index is 13.6. The number of nitrogens with one attached hydrogen (secondary N) is 2. The topological polar surface area (TPSA) is 58.2 Å². The number of para-hydroxylation sites is 1. The first-order valence-electron chi connectivity index (χ1n) is 6.19. The highest BCUT2D eigenvalue weighted by atomic mass is 35.5. The summed E-state index contributed by atoms with van der Waals surface area (Å²) in [5.41, 5.74) is -0.237. The summed E-state index contributed by atoms with van der Waals surface area (Å²) in [6.07, 6.45) is 0. The first-order valence-corrected chi connectivity index (χ1v) is 8.93. The van der Waals surface area contributed by atoms with Crippen LogP contribution in [0.25, 0.3) is 0 Å². The van der Waals surface area contributed by atoms with Crippen LogP contribution in [-0.2, 0) is 16.6 Å². The Kier molecular flexibility index (Phi) is 5.21. The van der Waals surface area contributed by atoms with Crippen molar-refractivity contribution < 1.29 is 12.8 Å². The van der Waals surface area contributed by atoms with Crippen molar-refractivity contribution in [2.24, 2.45) is 0 Å². The van der Waals surface area contributed by atoms with E-state index in [1.54, 1.807) is 6.07 Å². The molecule has 0 spiro atoms. The summed E-state index contributed by atoms with van der Waals surface area (Å²) in [5.74, 6) is -0.714. The smallest absolute Gasteiger partial charge is 0.262 e. The molecule has 21 heavy (non-hydrogen) atoms. The lowest BCUT2D eigenvalue weighted by molar-refractivity contribution is 0.598. The second-order valence-electron chi connectivity index (χ2n) is 4.23. The summed E-state index contributed by atoms with van der Waals surface area (Å²) in [7, 11) is -3.85. The Labute approximate surface area is 132 Å². The van der Waals surface area contributed by atoms with Gasteiger partial charge in [-0.05, 0) is 24.7 Å². The van der Waals surface area contributed by atoms with Crippen LogP contribution in [0.15, 0.2) is 34.5 Å². The van der Waals surface area contributed by atoms with E-state index in [9.17, 15) is 12.8 Å². The van der Waals surface area contributed by atoms with Crippen molar-refractivity contribution in [3.63, 3.8) is 0 Å². The molecule has 1 aromatic carbocycles. The molecule has 0 saturated carbocycles. The van der Waals surface area contributed by atoms with E-state index >= 15 is 0 Å². The zero-order valence-electron chi connectivity index (χ0n) is 11.2. The summed E-state index contributed by atoms with van der Waals surface area (Å²) >= 11 is 7.15. The van der Waals surface area contributed by atoms with Crippen LogP contribution in [0.1, 0.15) is 11.8 Å². The van der Waals surface area contributed by atoms with E-state index in [1.165, 1.54) is 28.8 Å². The van der Waals surface area contributed by atoms with Crippen LogP contribution in [0.3, 0.4) is 0 Å². The largest absolute Gasteiger partial charge is 0.312 e. The van der Waals surface area contributed by atoms with E-state index in [4.69, 9.17) is 11.6 Å². The predicted octanol–water partition coefficient (Wildman–Crippen LogP) is 3.45. The number of thiophene rings is 1. The Morgan fingerprint density at radius 3 is 2.81 bits per heavy atom. The average Bonchev–Trinajstić information content (AvgIpc) is 2.90. The van der Waals surface area contributed by atoms with Crippen LogP contribution in [-0.4, -0.2) is 15.0 Å². The average molecular weight is 349 g/mol. The summed E-state index contributed by atoms with van der Waals surface area (Å²) in [5, 5.41) is 4.64. The molecule has 2 N–H and O–H groups in total. The number of halogens is 2. The Morgan fingerprint density at radius 2 is 2.14 bits per heavy atom. The minimum atomic E-state index is -3.85. The van der Waals surface area contributed by atoms with Gasteiger partial charge in [0.1, 0.15) is 11.5 Å². The quantitative estimate of drug-likeness (QED) is 0.840. The van der Waals surface area contributed by atoms with Crippen LogP contribution < -0.4 is 10.0 Å². The lowest BCUT2D eigenvalue weighted by atomic mass is 10.3. The number of hydrogen-bond acceptors (Lipinski definition) is 4. The molecule has 114 valence electrons. The van der Waals surface area contributed by atoms with E-state index in [0.717, 1.165) is 17.5 Å². The summed E-state index contributed by atoms with van der Waals surface area (Å²) in [4.78, 5) is 0.983. The SMILES string of the molecule is CCNCc1cc(S(=O)(=O)Nc2c(F)cccc2Cl)cs1. The number of rotatable bonds is 6. The fourth-order valence-corrected chi connectivity index (χ4v) is 4.23. The molecule has 0 unspecified atom stereocenters. The molecule has 0 fully saturated rings. The number of hydrogen-bond donors (Lipinski definition) is 2. The minimum Gasteiger partial charge on any atom is -0.312 e. The molecular formula is C13H14ClFN2O2S2. The van der Waals surface area contributed by atoms with E-state index in [0.29, 0.717) is 6.54 Å². The summed E-state index contributed by atoms with van der Waals surface area (Å²) in [6, 6.07) is 5.54. The number of benzene rings is 1. The Balaban J connectivity index is 2.24. The van der Waals surface area contributed by atoms with Crippen LogP contribution in [0, 0.1) is 5.82 Å². The van der Waals surface area contributed by atoms with Crippen LogP contribution in [0.5, 0.6) is 0 Å². The highest BCUT2D eigenvalue weighted by Crippen LogP contribution is 2.28. The van der Waals surface area contributed by atoms with Gasteiger partial charge in [-0.3, -0.25) is 4.72 Å². The molecule has 1 aromatic heterocycles. The lowest BCUT2D eigenvalue weighted by Crippen LogP contribution is -2.14. The van der Waals surface area contributed by atoms with E-state index < -0.39 is 15.8 Å². The van der Waals surface area contributed by atoms with Crippen molar-refractivity contribution in [3.8, 4) is 0 Å². The molecule has 0 amide bonds. The minimum absolute atomic E-state index is 0.0154. The Morgan fingerprint density at radius 1 is 1.38 bits per heavy atom. The van der Waals surface area contributed by atoms with Crippen LogP contribution in [0.4, 0.5) is 10.1 Å². The molecule has 1 heterocycles. The Hall–Kier alpha value is -1.15. The van der Waals surface area contributed by atoms with E-state index in [2.05, 4.69) is 10.0 Å². The van der Waals surface area contributed by atoms with Gasteiger partial charge in [0, 0.05) is 16.8 Å². The number of sulfonamides is 1. The highest BCUT2D eigenvalue weighted by molar-refractivity contribution is 7.92. The molecule has 2 rings (SSSR count). The molecule has 2 aromatic rings. The first-order chi connectivity index (χ1) is 9.94. The third-order valence-electron chi connectivity index (χ3n) is 2.69. The van der Waals surface area contributed by atoms with Gasteiger partial charge in [0.15, 0.2) is 0 Å². The van der Waals surface area contributed by atoms with Crippen LogP contribution >= 0.6 is 22.9 Å². The fourth-order valence-electron chi connectivity index (χ4n) is 1.63. The molecule has 0 saturated heterocycles. The highest BCUT2D eigenvalue weighted by Gasteiger charge is 2.19. The maximum Gasteiger partial charge on any atom is 0.262 e. The first kappa shape index (κ1) is 16.2. The zero-order valence-corrected chi connectivity index (χ0v) is 13.6. The monoisotopic (exact) mass is 348 g/mol. The maximum atomic E-state index is 13.6. The second kappa shape index (κ2) is 6.74. The third-order valence-corrected chi connectivity index (χ3v) is 5.42. The van der Waals surface area contributed by atoms with Crippen LogP contribution in [0.2, 0.25) is 5.02 Å². The molecule has 0 bridgehead atoms. The van der Waals surface area contributed by atoms with E-state index in [-0.39, 0.29) is 15.6 Å². The molecule has 8 heteroatoms. The van der Waals surface area contributed by atoms with Gasteiger partial charge in [-0.2, -0.15) is 0 Å². The molecule has 4 nitrogen and oxygen atoms in total. The summed E-state index contributed by atoms with van der Waals surface area (Å²) in [6.45, 7) is 3.35. The fraction of sp³-hybridized carbons (Fsp3) is 0.231. The second-order valence-corrected chi connectivity index (χ2v) is 7.32. The predicted molar refractivity (Wildman–Crippen MR) is 83.9 cm³/mol. The number of anilines is 1. The van der Waals surface area contributed by atoms with Crippen molar-refractivity contribution in [2.75, 3.05) is 11.3 Å². The normalized spacial score (nSPS) is 11.6. The molecule has 0 aliphatic carbocycles. The molecule has 0 atom stereocenters. The van der Waals surface area contributed by atoms with Crippen molar-refractivity contribution in [1.82, 2.24) is 5.32 Å². The molecular weight excluding hydrogens is 335 g/mol.